The first kappa shape index (κ1) is 24.6. The molecule has 10 nitrogen and oxygen atoms in total. The summed E-state index contributed by atoms with van der Waals surface area (Å²) in [5, 5.41) is 3.34. The molecule has 0 aromatic heterocycles. The highest BCUT2D eigenvalue weighted by Crippen LogP contribution is 2.41. The lowest BCUT2D eigenvalue weighted by molar-refractivity contribution is 0.103. The van der Waals surface area contributed by atoms with Gasteiger partial charge in [0.15, 0.2) is 22.5 Å². The van der Waals surface area contributed by atoms with Gasteiger partial charge in [0.25, 0.3) is 15.9 Å². The average molecular weight is 540 g/mol. The van der Waals surface area contributed by atoms with Gasteiger partial charge in [0, 0.05) is 16.3 Å². The van der Waals surface area contributed by atoms with Crippen LogP contribution in [0.15, 0.2) is 82.6 Å². The molecule has 1 amide bonds. The van der Waals surface area contributed by atoms with Crippen LogP contribution in [0.3, 0.4) is 0 Å². The van der Waals surface area contributed by atoms with E-state index in [2.05, 4.69) is 14.9 Å². The first-order chi connectivity index (χ1) is 17.8. The lowest BCUT2D eigenvalue weighted by Crippen LogP contribution is -2.23. The molecule has 4 aromatic carbocycles. The highest BCUT2D eigenvalue weighted by molar-refractivity contribution is 7.93. The Labute approximate surface area is 215 Å². The maximum absolute atomic E-state index is 13.6. The Kier molecular flexibility index (Phi) is 6.46. The van der Waals surface area contributed by atoms with Crippen molar-refractivity contribution in [2.45, 2.75) is 9.79 Å². The smallest absolute Gasteiger partial charge is 0.262 e. The van der Waals surface area contributed by atoms with Gasteiger partial charge in [-0.05, 0) is 36.4 Å². The molecule has 1 aliphatic rings. The Morgan fingerprint density at radius 2 is 1.54 bits per heavy atom. The maximum atomic E-state index is 13.6. The van der Waals surface area contributed by atoms with Crippen molar-refractivity contribution in [3.05, 3.63) is 78.4 Å². The molecule has 1 aliphatic heterocycles. The molecule has 5 rings (SSSR count). The summed E-state index contributed by atoms with van der Waals surface area (Å²) in [5.41, 5.74) is 0.731. The molecule has 37 heavy (non-hydrogen) atoms. The molecule has 0 radical (unpaired) electrons. The first-order valence-corrected chi connectivity index (χ1v) is 13.5. The number of anilines is 2. The molecule has 3 N–H and O–H groups in total. The Bertz CT molecular complexity index is 1670. The van der Waals surface area contributed by atoms with E-state index in [1.165, 1.54) is 20.3 Å². The van der Waals surface area contributed by atoms with Crippen LogP contribution in [0.5, 0.6) is 17.2 Å². The fourth-order valence-corrected chi connectivity index (χ4v) is 6.24. The van der Waals surface area contributed by atoms with Crippen molar-refractivity contribution < 1.29 is 31.7 Å². The fraction of sp³-hybridized carbons (Fsp3) is 0.0800. The molecule has 0 aliphatic carbocycles. The van der Waals surface area contributed by atoms with E-state index in [1.54, 1.807) is 66.7 Å². The Morgan fingerprint density at radius 3 is 2.27 bits per heavy atom. The van der Waals surface area contributed by atoms with Gasteiger partial charge in [-0.15, -0.1) is 0 Å². The topological polar surface area (TPSA) is 132 Å². The van der Waals surface area contributed by atoms with Gasteiger partial charge in [0.1, 0.15) is 5.75 Å². The quantitative estimate of drug-likeness (QED) is 0.276. The predicted octanol–water partition coefficient (Wildman–Crippen LogP) is 3.83. The van der Waals surface area contributed by atoms with Crippen LogP contribution in [0.4, 0.5) is 11.4 Å². The summed E-state index contributed by atoms with van der Waals surface area (Å²) in [4.78, 5) is 20.4. The van der Waals surface area contributed by atoms with E-state index >= 15 is 0 Å². The molecule has 12 heteroatoms. The zero-order valence-electron chi connectivity index (χ0n) is 19.6. The molecule has 190 valence electrons. The van der Waals surface area contributed by atoms with Crippen LogP contribution in [0.2, 0.25) is 0 Å². The second kappa shape index (κ2) is 9.73. The number of benzene rings is 4. The molecular formula is C25H21N3O7S2. The summed E-state index contributed by atoms with van der Waals surface area (Å²) in [6.07, 6.45) is 0. The largest absolute Gasteiger partial charge is 0.495 e. The normalized spacial score (nSPS) is 13.2. The molecule has 1 atom stereocenters. The zero-order chi connectivity index (χ0) is 26.2. The minimum absolute atomic E-state index is 0.0149. The summed E-state index contributed by atoms with van der Waals surface area (Å²) in [6.45, 7) is 0. The van der Waals surface area contributed by atoms with Crippen molar-refractivity contribution in [3.8, 4) is 17.2 Å². The van der Waals surface area contributed by atoms with E-state index in [9.17, 15) is 17.4 Å². The number of carbonyl (C=O) groups excluding carboxylic acids is 1. The van der Waals surface area contributed by atoms with Gasteiger partial charge < -0.3 is 19.6 Å². The van der Waals surface area contributed by atoms with Crippen LogP contribution >= 0.6 is 0 Å². The predicted molar refractivity (Wildman–Crippen MR) is 139 cm³/mol. The third-order valence-electron chi connectivity index (χ3n) is 5.71. The molecular weight excluding hydrogens is 518 g/mol. The van der Waals surface area contributed by atoms with E-state index < -0.39 is 26.9 Å². The number of sulfonamides is 1. The molecule has 0 bridgehead atoms. The van der Waals surface area contributed by atoms with Crippen molar-refractivity contribution in [2.75, 3.05) is 24.3 Å². The highest BCUT2D eigenvalue weighted by Gasteiger charge is 2.31. The van der Waals surface area contributed by atoms with Crippen molar-refractivity contribution in [1.29, 1.82) is 0 Å². The molecule has 0 fully saturated rings. The number of ether oxygens (including phenoxy) is 2. The summed E-state index contributed by atoms with van der Waals surface area (Å²) >= 11 is 0. The monoisotopic (exact) mass is 539 g/mol. The van der Waals surface area contributed by atoms with Crippen LogP contribution < -0.4 is 29.2 Å². The number of hydrogen-bond donors (Lipinski definition) is 3. The van der Waals surface area contributed by atoms with Crippen LogP contribution in [-0.2, 0) is 21.0 Å². The van der Waals surface area contributed by atoms with Crippen LogP contribution in [0.1, 0.15) is 10.4 Å². The van der Waals surface area contributed by atoms with Crippen molar-refractivity contribution in [1.82, 2.24) is 4.89 Å². The van der Waals surface area contributed by atoms with Gasteiger partial charge in [-0.3, -0.25) is 9.52 Å². The fourth-order valence-electron chi connectivity index (χ4n) is 4.04. The van der Waals surface area contributed by atoms with Gasteiger partial charge in [0.2, 0.25) is 0 Å². The molecule has 1 heterocycles. The van der Waals surface area contributed by atoms with Crippen molar-refractivity contribution in [3.63, 3.8) is 0 Å². The first-order valence-electron chi connectivity index (χ1n) is 10.9. The summed E-state index contributed by atoms with van der Waals surface area (Å²) in [6, 6.07) is 19.3. The molecule has 1 unspecified atom stereocenters. The van der Waals surface area contributed by atoms with E-state index in [0.29, 0.717) is 22.3 Å². The van der Waals surface area contributed by atoms with Gasteiger partial charge in [0.05, 0.1) is 35.4 Å². The number of para-hydroxylation sites is 4. The minimum Gasteiger partial charge on any atom is -0.495 e. The third-order valence-corrected chi connectivity index (χ3v) is 8.07. The number of carbonyl (C=O) groups is 1. The number of hydrogen-bond acceptors (Lipinski definition) is 7. The lowest BCUT2D eigenvalue weighted by atomic mass is 10.1. The molecule has 0 saturated carbocycles. The van der Waals surface area contributed by atoms with Gasteiger partial charge in [-0.25, -0.2) is 12.6 Å². The van der Waals surface area contributed by atoms with E-state index in [4.69, 9.17) is 14.3 Å². The second-order valence-corrected chi connectivity index (χ2v) is 10.6. The van der Waals surface area contributed by atoms with Crippen LogP contribution in [0.25, 0.3) is 10.8 Å². The second-order valence-electron chi connectivity index (χ2n) is 7.84. The molecule has 0 saturated heterocycles. The number of methoxy groups -OCH3 is 2. The summed E-state index contributed by atoms with van der Waals surface area (Å²) < 4.78 is 53.6. The maximum Gasteiger partial charge on any atom is 0.262 e. The van der Waals surface area contributed by atoms with Crippen LogP contribution in [-0.4, -0.2) is 32.8 Å². The van der Waals surface area contributed by atoms with E-state index in [0.717, 1.165) is 0 Å². The molecule has 0 spiro atoms. The third kappa shape index (κ3) is 4.46. The van der Waals surface area contributed by atoms with Crippen molar-refractivity contribution >= 4 is 49.1 Å². The van der Waals surface area contributed by atoms with Gasteiger partial charge >= 0.3 is 0 Å². The van der Waals surface area contributed by atoms with Crippen LogP contribution in [0, 0.1) is 0 Å². The SMILES string of the molecule is COc1ccccc1NS(=O)(=O)c1cc(S(=O)NOc2ccccc2OC)c2c3c(cccc13)C(=O)N2. The Morgan fingerprint density at radius 1 is 0.865 bits per heavy atom. The Balaban J connectivity index is 1.60. The summed E-state index contributed by atoms with van der Waals surface area (Å²) in [5.74, 6) is 0.558. The lowest BCUT2D eigenvalue weighted by Gasteiger charge is -2.16. The number of rotatable bonds is 9. The standard InChI is InChI=1S/C25H21N3O7S2/c1-33-18-11-4-3-10-17(18)27-37(31,32)22-14-21(24-23-15(22)8-7-9-16(23)25(29)26-24)36(30)28-35-20-13-6-5-12-19(20)34-2/h3-14,27-28H,1-2H3,(H,26,29). The Hall–Kier alpha value is -4.13. The number of amides is 1. The van der Waals surface area contributed by atoms with Gasteiger partial charge in [-0.1, -0.05) is 41.3 Å². The average Bonchev–Trinajstić information content (AvgIpc) is 3.25. The highest BCUT2D eigenvalue weighted by atomic mass is 32.2. The van der Waals surface area contributed by atoms with Gasteiger partial charge in [-0.2, -0.15) is 0 Å². The summed E-state index contributed by atoms with van der Waals surface area (Å²) in [7, 11) is -3.43. The zero-order valence-corrected chi connectivity index (χ0v) is 21.2. The van der Waals surface area contributed by atoms with E-state index in [-0.39, 0.29) is 32.5 Å². The van der Waals surface area contributed by atoms with Crippen molar-refractivity contribution in [2.24, 2.45) is 0 Å². The minimum atomic E-state index is -4.22. The van der Waals surface area contributed by atoms with E-state index in [1.807, 2.05) is 0 Å². The molecule has 4 aromatic rings. The number of nitrogens with one attached hydrogen (secondary N) is 3.